The predicted molar refractivity (Wildman–Crippen MR) is 110 cm³/mol. The van der Waals surface area contributed by atoms with Crippen LogP contribution in [0.5, 0.6) is 0 Å². The topological polar surface area (TPSA) is 67.9 Å². The molecule has 0 aliphatic rings. The van der Waals surface area contributed by atoms with Gasteiger partial charge in [0.15, 0.2) is 0 Å². The highest BCUT2D eigenvalue weighted by molar-refractivity contribution is 5.87. The summed E-state index contributed by atoms with van der Waals surface area (Å²) < 4.78 is 10.4. The molecule has 1 atom stereocenters. The molecule has 0 aliphatic heterocycles. The van der Waals surface area contributed by atoms with Crippen LogP contribution < -0.4 is 5.32 Å². The first-order valence-corrected chi connectivity index (χ1v) is 9.45. The number of amides is 2. The van der Waals surface area contributed by atoms with Gasteiger partial charge in [-0.1, -0.05) is 42.5 Å². The van der Waals surface area contributed by atoms with Crippen molar-refractivity contribution in [3.05, 3.63) is 48.0 Å². The minimum Gasteiger partial charge on any atom is -0.444 e. The fourth-order valence-corrected chi connectivity index (χ4v) is 2.93. The first kappa shape index (κ1) is 21.7. The molecule has 0 heterocycles. The van der Waals surface area contributed by atoms with E-state index >= 15 is 0 Å². The number of benzene rings is 2. The molecule has 2 amide bonds. The number of carbonyl (C=O) groups excluding carboxylic acids is 2. The van der Waals surface area contributed by atoms with Crippen molar-refractivity contribution in [2.75, 3.05) is 26.8 Å². The Morgan fingerprint density at radius 2 is 1.79 bits per heavy atom. The van der Waals surface area contributed by atoms with Crippen molar-refractivity contribution in [2.24, 2.45) is 0 Å². The normalized spacial score (nSPS) is 12.5. The van der Waals surface area contributed by atoms with Crippen molar-refractivity contribution in [1.29, 1.82) is 0 Å². The molecule has 0 fully saturated rings. The highest BCUT2D eigenvalue weighted by Crippen LogP contribution is 2.24. The lowest BCUT2D eigenvalue weighted by Crippen LogP contribution is -2.45. The largest absolute Gasteiger partial charge is 0.444 e. The number of hydrogen-bond acceptors (Lipinski definition) is 4. The zero-order valence-electron chi connectivity index (χ0n) is 17.3. The Bertz CT molecular complexity index is 808. The summed E-state index contributed by atoms with van der Waals surface area (Å²) in [6, 6.07) is 13.9. The summed E-state index contributed by atoms with van der Waals surface area (Å²) in [7, 11) is 1.55. The average molecular weight is 386 g/mol. The maximum atomic E-state index is 12.6. The van der Waals surface area contributed by atoms with Crippen molar-refractivity contribution < 1.29 is 19.1 Å². The fraction of sp³-hybridized carbons (Fsp3) is 0.455. The summed E-state index contributed by atoms with van der Waals surface area (Å²) >= 11 is 0. The van der Waals surface area contributed by atoms with Crippen LogP contribution in [0.1, 0.15) is 39.3 Å². The molecule has 0 saturated carbocycles. The van der Waals surface area contributed by atoms with Gasteiger partial charge < -0.3 is 14.8 Å². The first-order chi connectivity index (χ1) is 13.2. The van der Waals surface area contributed by atoms with Gasteiger partial charge in [-0.15, -0.1) is 0 Å². The van der Waals surface area contributed by atoms with Crippen LogP contribution in [0.4, 0.5) is 4.79 Å². The second-order valence-corrected chi connectivity index (χ2v) is 7.75. The Balaban J connectivity index is 2.07. The van der Waals surface area contributed by atoms with Gasteiger partial charge in [0.1, 0.15) is 12.1 Å². The van der Waals surface area contributed by atoms with Crippen LogP contribution in [-0.4, -0.2) is 49.3 Å². The van der Waals surface area contributed by atoms with Crippen molar-refractivity contribution in [2.45, 2.75) is 39.3 Å². The average Bonchev–Trinajstić information content (AvgIpc) is 2.63. The monoisotopic (exact) mass is 386 g/mol. The molecule has 0 saturated heterocycles. The van der Waals surface area contributed by atoms with Gasteiger partial charge in [-0.05, 0) is 44.0 Å². The zero-order chi connectivity index (χ0) is 20.7. The van der Waals surface area contributed by atoms with Gasteiger partial charge in [0.05, 0.1) is 12.6 Å². The maximum absolute atomic E-state index is 12.6. The minimum atomic E-state index is -0.630. The molecule has 0 spiro atoms. The predicted octanol–water partition coefficient (Wildman–Crippen LogP) is 3.90. The molecule has 0 bridgehead atoms. The molecule has 6 nitrogen and oxygen atoms in total. The lowest BCUT2D eigenvalue weighted by Gasteiger charge is -2.27. The lowest BCUT2D eigenvalue weighted by molar-refractivity contribution is -0.123. The number of nitrogens with zero attached hydrogens (tertiary/aromatic N) is 1. The van der Waals surface area contributed by atoms with E-state index in [1.54, 1.807) is 27.9 Å². The molecule has 2 aromatic rings. The van der Waals surface area contributed by atoms with Crippen LogP contribution in [0.3, 0.4) is 0 Å². The summed E-state index contributed by atoms with van der Waals surface area (Å²) in [6.45, 7) is 7.83. The third-order valence-electron chi connectivity index (χ3n) is 4.22. The van der Waals surface area contributed by atoms with E-state index in [0.717, 1.165) is 16.3 Å². The number of carbonyl (C=O) groups is 2. The quantitative estimate of drug-likeness (QED) is 0.784. The molecule has 6 heteroatoms. The van der Waals surface area contributed by atoms with Gasteiger partial charge >= 0.3 is 6.09 Å². The van der Waals surface area contributed by atoms with E-state index in [4.69, 9.17) is 9.47 Å². The van der Waals surface area contributed by atoms with Crippen LogP contribution in [-0.2, 0) is 14.3 Å². The van der Waals surface area contributed by atoms with Crippen LogP contribution in [0, 0.1) is 0 Å². The van der Waals surface area contributed by atoms with E-state index in [1.165, 1.54) is 4.90 Å². The maximum Gasteiger partial charge on any atom is 0.410 e. The smallest absolute Gasteiger partial charge is 0.410 e. The molecule has 2 aromatic carbocycles. The van der Waals surface area contributed by atoms with Crippen molar-refractivity contribution in [3.8, 4) is 0 Å². The zero-order valence-corrected chi connectivity index (χ0v) is 17.3. The van der Waals surface area contributed by atoms with E-state index in [0.29, 0.717) is 6.61 Å². The van der Waals surface area contributed by atoms with E-state index in [1.807, 2.05) is 49.4 Å². The van der Waals surface area contributed by atoms with Gasteiger partial charge in [0.25, 0.3) is 0 Å². The Kier molecular flexibility index (Phi) is 7.40. The van der Waals surface area contributed by atoms with Gasteiger partial charge in [-0.2, -0.15) is 0 Å². The van der Waals surface area contributed by atoms with Crippen molar-refractivity contribution >= 4 is 22.8 Å². The second kappa shape index (κ2) is 9.55. The molecule has 1 unspecified atom stereocenters. The molecule has 152 valence electrons. The molecule has 2 rings (SSSR count). The van der Waals surface area contributed by atoms with E-state index in [-0.39, 0.29) is 25.0 Å². The molecule has 0 aromatic heterocycles. The van der Waals surface area contributed by atoms with E-state index in [2.05, 4.69) is 5.32 Å². The number of hydrogen-bond donors (Lipinski definition) is 1. The van der Waals surface area contributed by atoms with Crippen LogP contribution >= 0.6 is 0 Å². The first-order valence-electron chi connectivity index (χ1n) is 9.45. The molecule has 0 radical (unpaired) electrons. The van der Waals surface area contributed by atoms with Gasteiger partial charge in [0.2, 0.25) is 5.91 Å². The summed E-state index contributed by atoms with van der Waals surface area (Å²) in [4.78, 5) is 26.4. The van der Waals surface area contributed by atoms with Crippen molar-refractivity contribution in [3.63, 3.8) is 0 Å². The standard InChI is InChI=1S/C22H30N2O4/c1-16(18-12-8-10-17-9-6-7-11-19(17)18)23-20(25)15-24(13-14-27-5)21(26)28-22(2,3)4/h6-12,16H,13-15H2,1-5H3,(H,23,25). The summed E-state index contributed by atoms with van der Waals surface area (Å²) in [5, 5.41) is 5.20. The Morgan fingerprint density at radius 3 is 2.46 bits per heavy atom. The lowest BCUT2D eigenvalue weighted by atomic mass is 10.00. The SMILES string of the molecule is COCCN(CC(=O)NC(C)c1cccc2ccccc12)C(=O)OC(C)(C)C. The van der Waals surface area contributed by atoms with Gasteiger partial charge in [-0.3, -0.25) is 9.69 Å². The van der Waals surface area contributed by atoms with E-state index < -0.39 is 11.7 Å². The molecule has 1 N–H and O–H groups in total. The second-order valence-electron chi connectivity index (χ2n) is 7.75. The Labute approximate surface area is 166 Å². The Hall–Kier alpha value is -2.60. The summed E-state index contributed by atoms with van der Waals surface area (Å²) in [6.07, 6.45) is -0.530. The van der Waals surface area contributed by atoms with Crippen LogP contribution in [0.2, 0.25) is 0 Å². The summed E-state index contributed by atoms with van der Waals surface area (Å²) in [5.41, 5.74) is 0.405. The molecular weight excluding hydrogens is 356 g/mol. The number of nitrogens with one attached hydrogen (secondary N) is 1. The number of rotatable bonds is 7. The van der Waals surface area contributed by atoms with Gasteiger partial charge in [-0.25, -0.2) is 4.79 Å². The molecule has 0 aliphatic carbocycles. The van der Waals surface area contributed by atoms with Crippen molar-refractivity contribution in [1.82, 2.24) is 10.2 Å². The Morgan fingerprint density at radius 1 is 1.11 bits per heavy atom. The van der Waals surface area contributed by atoms with Gasteiger partial charge in [0, 0.05) is 13.7 Å². The number of fused-ring (bicyclic) bond motifs is 1. The number of methoxy groups -OCH3 is 1. The fourth-order valence-electron chi connectivity index (χ4n) is 2.93. The number of ether oxygens (including phenoxy) is 2. The highest BCUT2D eigenvalue weighted by Gasteiger charge is 2.24. The van der Waals surface area contributed by atoms with Crippen LogP contribution in [0.15, 0.2) is 42.5 Å². The summed E-state index contributed by atoms with van der Waals surface area (Å²) in [5.74, 6) is -0.248. The molecular formula is C22H30N2O4. The molecule has 28 heavy (non-hydrogen) atoms. The van der Waals surface area contributed by atoms with Crippen LogP contribution in [0.25, 0.3) is 10.8 Å². The highest BCUT2D eigenvalue weighted by atomic mass is 16.6. The minimum absolute atomic E-state index is 0.0899. The van der Waals surface area contributed by atoms with E-state index in [9.17, 15) is 9.59 Å². The third-order valence-corrected chi connectivity index (χ3v) is 4.22. The third kappa shape index (κ3) is 6.23.